The Kier molecular flexibility index (Phi) is 2.04. The highest BCUT2D eigenvalue weighted by Gasteiger charge is 2.20. The summed E-state index contributed by atoms with van der Waals surface area (Å²) in [6.07, 6.45) is -0.666. The molecule has 0 bridgehead atoms. The molecule has 0 amide bonds. The fourth-order valence-electron chi connectivity index (χ4n) is 1.81. The van der Waals surface area contributed by atoms with Crippen molar-refractivity contribution in [2.75, 3.05) is 0 Å². The van der Waals surface area contributed by atoms with Crippen LogP contribution in [0.2, 0.25) is 0 Å². The Hall–Kier alpha value is -0.960. The van der Waals surface area contributed by atoms with E-state index in [2.05, 4.69) is 0 Å². The molecule has 3 heteroatoms. The van der Waals surface area contributed by atoms with Crippen LogP contribution in [0.25, 0.3) is 0 Å². The Balaban J connectivity index is 2.40. The highest BCUT2D eigenvalue weighted by molar-refractivity contribution is 5.38. The van der Waals surface area contributed by atoms with Crippen molar-refractivity contribution in [3.05, 3.63) is 34.9 Å². The molecule has 1 unspecified atom stereocenters. The minimum atomic E-state index is -2.37. The molecule has 1 aliphatic carbocycles. The van der Waals surface area contributed by atoms with Gasteiger partial charge in [0.1, 0.15) is 0 Å². The van der Waals surface area contributed by atoms with Gasteiger partial charge in [-0.05, 0) is 30.0 Å². The van der Waals surface area contributed by atoms with Gasteiger partial charge in [0, 0.05) is 11.6 Å². The zero-order valence-corrected chi connectivity index (χ0v) is 7.13. The van der Waals surface area contributed by atoms with E-state index >= 15 is 0 Å². The van der Waals surface area contributed by atoms with Crippen LogP contribution in [0.3, 0.4) is 0 Å². The number of alkyl halides is 2. The van der Waals surface area contributed by atoms with E-state index in [9.17, 15) is 8.78 Å². The van der Waals surface area contributed by atoms with Crippen LogP contribution in [0.4, 0.5) is 8.78 Å². The van der Waals surface area contributed by atoms with Gasteiger partial charge in [-0.1, -0.05) is 12.1 Å². The van der Waals surface area contributed by atoms with Gasteiger partial charge in [0.05, 0.1) is 0 Å². The molecule has 0 heterocycles. The topological polar surface area (TPSA) is 26.0 Å². The van der Waals surface area contributed by atoms with Gasteiger partial charge in [0.2, 0.25) is 0 Å². The molecule has 2 N–H and O–H groups in total. The van der Waals surface area contributed by atoms with Crippen LogP contribution in [0.15, 0.2) is 18.2 Å². The molecule has 0 spiro atoms. The van der Waals surface area contributed by atoms with Gasteiger partial charge in [-0.25, -0.2) is 8.78 Å². The maximum absolute atomic E-state index is 12.3. The minimum Gasteiger partial charge on any atom is -0.324 e. The van der Waals surface area contributed by atoms with Gasteiger partial charge in [-0.2, -0.15) is 0 Å². The van der Waals surface area contributed by atoms with Crippen LogP contribution < -0.4 is 5.73 Å². The third kappa shape index (κ3) is 1.44. The monoisotopic (exact) mass is 183 g/mol. The molecule has 0 radical (unpaired) electrons. The second-order valence-electron chi connectivity index (χ2n) is 3.40. The van der Waals surface area contributed by atoms with E-state index in [0.29, 0.717) is 0 Å². The summed E-state index contributed by atoms with van der Waals surface area (Å²) in [7, 11) is 0. The number of benzene rings is 1. The largest absolute Gasteiger partial charge is 0.324 e. The van der Waals surface area contributed by atoms with Crippen molar-refractivity contribution in [3.63, 3.8) is 0 Å². The summed E-state index contributed by atoms with van der Waals surface area (Å²) in [6, 6.07) is 4.82. The number of halogens is 2. The van der Waals surface area contributed by atoms with Crippen LogP contribution in [0, 0.1) is 0 Å². The third-order valence-electron chi connectivity index (χ3n) is 2.54. The van der Waals surface area contributed by atoms with Crippen molar-refractivity contribution in [3.8, 4) is 0 Å². The number of nitrogens with two attached hydrogens (primary N) is 1. The predicted molar refractivity (Wildman–Crippen MR) is 46.6 cm³/mol. The van der Waals surface area contributed by atoms with Gasteiger partial charge in [-0.15, -0.1) is 0 Å². The van der Waals surface area contributed by atoms with Gasteiger partial charge >= 0.3 is 0 Å². The molecule has 0 fully saturated rings. The average molecular weight is 183 g/mol. The Bertz CT molecular complexity index is 323. The summed E-state index contributed by atoms with van der Waals surface area (Å²) in [5.74, 6) is 0. The fourth-order valence-corrected chi connectivity index (χ4v) is 1.81. The SMILES string of the molecule is NC1CCc2cc(C(F)F)ccc21. The number of aryl methyl sites for hydroxylation is 1. The fraction of sp³-hybridized carbons (Fsp3) is 0.400. The summed E-state index contributed by atoms with van der Waals surface area (Å²) in [5.41, 5.74) is 7.91. The summed E-state index contributed by atoms with van der Waals surface area (Å²) in [6.45, 7) is 0. The summed E-state index contributed by atoms with van der Waals surface area (Å²) < 4.78 is 24.6. The lowest BCUT2D eigenvalue weighted by molar-refractivity contribution is 0.151. The first-order chi connectivity index (χ1) is 6.18. The van der Waals surface area contributed by atoms with E-state index in [4.69, 9.17) is 5.73 Å². The molecular weight excluding hydrogens is 172 g/mol. The minimum absolute atomic E-state index is 0.0433. The van der Waals surface area contributed by atoms with E-state index in [1.165, 1.54) is 6.07 Å². The van der Waals surface area contributed by atoms with Crippen molar-refractivity contribution in [1.82, 2.24) is 0 Å². The molecule has 1 aromatic carbocycles. The zero-order chi connectivity index (χ0) is 9.42. The molecule has 0 aromatic heterocycles. The molecule has 1 aliphatic rings. The highest BCUT2D eigenvalue weighted by atomic mass is 19.3. The molecule has 70 valence electrons. The van der Waals surface area contributed by atoms with E-state index in [1.807, 2.05) is 0 Å². The lowest BCUT2D eigenvalue weighted by Gasteiger charge is -2.06. The molecule has 1 aromatic rings. The first-order valence-corrected chi connectivity index (χ1v) is 4.35. The van der Waals surface area contributed by atoms with Crippen LogP contribution in [-0.2, 0) is 6.42 Å². The van der Waals surface area contributed by atoms with Crippen LogP contribution in [-0.4, -0.2) is 0 Å². The molecule has 1 atom stereocenters. The average Bonchev–Trinajstić information content (AvgIpc) is 2.47. The summed E-state index contributed by atoms with van der Waals surface area (Å²) >= 11 is 0. The second kappa shape index (κ2) is 3.07. The first kappa shape index (κ1) is 8.63. The van der Waals surface area contributed by atoms with Gasteiger partial charge in [-0.3, -0.25) is 0 Å². The normalized spacial score (nSPS) is 20.8. The van der Waals surface area contributed by atoms with Crippen LogP contribution in [0.1, 0.15) is 35.6 Å². The standard InChI is InChI=1S/C10H11F2N/c11-10(12)7-1-3-8-6(5-7)2-4-9(8)13/h1,3,5,9-10H,2,4,13H2. The van der Waals surface area contributed by atoms with Gasteiger partial charge < -0.3 is 5.73 Å². The van der Waals surface area contributed by atoms with E-state index in [1.54, 1.807) is 12.1 Å². The maximum Gasteiger partial charge on any atom is 0.263 e. The Morgan fingerprint density at radius 1 is 1.38 bits per heavy atom. The van der Waals surface area contributed by atoms with Crippen LogP contribution >= 0.6 is 0 Å². The Labute approximate surface area is 75.6 Å². The lowest BCUT2D eigenvalue weighted by Crippen LogP contribution is -2.05. The van der Waals surface area contributed by atoms with Gasteiger partial charge in [0.25, 0.3) is 6.43 Å². The van der Waals surface area contributed by atoms with Crippen molar-refractivity contribution in [2.45, 2.75) is 25.3 Å². The quantitative estimate of drug-likeness (QED) is 0.711. The Morgan fingerprint density at radius 3 is 2.85 bits per heavy atom. The molecule has 0 saturated heterocycles. The molecule has 1 nitrogen and oxygen atoms in total. The zero-order valence-electron chi connectivity index (χ0n) is 7.13. The van der Waals surface area contributed by atoms with Gasteiger partial charge in [0.15, 0.2) is 0 Å². The second-order valence-corrected chi connectivity index (χ2v) is 3.40. The smallest absolute Gasteiger partial charge is 0.263 e. The van der Waals surface area contributed by atoms with Crippen molar-refractivity contribution >= 4 is 0 Å². The Morgan fingerprint density at radius 2 is 2.15 bits per heavy atom. The number of rotatable bonds is 1. The lowest BCUT2D eigenvalue weighted by atomic mass is 10.1. The molecule has 0 saturated carbocycles. The van der Waals surface area contributed by atoms with E-state index < -0.39 is 6.43 Å². The molecule has 2 rings (SSSR count). The third-order valence-corrected chi connectivity index (χ3v) is 2.54. The van der Waals surface area contributed by atoms with E-state index in [0.717, 1.165) is 24.0 Å². The highest BCUT2D eigenvalue weighted by Crippen LogP contribution is 2.32. The molecule has 0 aliphatic heterocycles. The number of hydrogen-bond acceptors (Lipinski definition) is 1. The maximum atomic E-state index is 12.3. The number of fused-ring (bicyclic) bond motifs is 1. The summed E-state index contributed by atoms with van der Waals surface area (Å²) in [4.78, 5) is 0. The van der Waals surface area contributed by atoms with Crippen molar-refractivity contribution < 1.29 is 8.78 Å². The van der Waals surface area contributed by atoms with Crippen molar-refractivity contribution in [1.29, 1.82) is 0 Å². The molecule has 13 heavy (non-hydrogen) atoms. The summed E-state index contributed by atoms with van der Waals surface area (Å²) in [5, 5.41) is 0. The van der Waals surface area contributed by atoms with E-state index in [-0.39, 0.29) is 11.6 Å². The predicted octanol–water partition coefficient (Wildman–Crippen LogP) is 2.57. The molecular formula is C10H11F2N. The first-order valence-electron chi connectivity index (χ1n) is 4.35. The van der Waals surface area contributed by atoms with Crippen molar-refractivity contribution in [2.24, 2.45) is 5.73 Å². The van der Waals surface area contributed by atoms with Crippen LogP contribution in [0.5, 0.6) is 0 Å². The number of hydrogen-bond donors (Lipinski definition) is 1.